The molecule has 0 radical (unpaired) electrons. The van der Waals surface area contributed by atoms with Crippen LogP contribution in [0, 0.1) is 0 Å². The van der Waals surface area contributed by atoms with Crippen LogP contribution in [0.5, 0.6) is 0 Å². The van der Waals surface area contributed by atoms with Crippen LogP contribution in [-0.4, -0.2) is 39.9 Å². The zero-order valence-corrected chi connectivity index (χ0v) is 15.2. The Balaban J connectivity index is 1.77. The van der Waals surface area contributed by atoms with E-state index < -0.39 is 0 Å². The van der Waals surface area contributed by atoms with E-state index in [0.717, 1.165) is 29.3 Å². The number of fused-ring (bicyclic) bond motifs is 1. The predicted molar refractivity (Wildman–Crippen MR) is 102 cm³/mol. The molecular weight excluding hydrogens is 342 g/mol. The lowest BCUT2D eigenvalue weighted by Crippen LogP contribution is -2.27. The third-order valence-electron chi connectivity index (χ3n) is 4.90. The number of carbonyl (C=O) groups excluding carboxylic acids is 2. The fraction of sp³-hybridized carbons (Fsp3) is 0.300. The average molecular weight is 363 g/mol. The molecule has 1 unspecified atom stereocenters. The number of aromatic nitrogens is 3. The highest BCUT2D eigenvalue weighted by molar-refractivity contribution is 5.99. The second-order valence-electron chi connectivity index (χ2n) is 6.88. The largest absolute Gasteiger partial charge is 0.360 e. The van der Waals surface area contributed by atoms with Crippen molar-refractivity contribution in [1.82, 2.24) is 25.6 Å². The monoisotopic (exact) mass is 363 g/mol. The molecule has 0 bridgehead atoms. The molecule has 1 fully saturated rings. The van der Waals surface area contributed by atoms with E-state index >= 15 is 0 Å². The molecule has 0 aromatic carbocycles. The van der Waals surface area contributed by atoms with Crippen molar-refractivity contribution >= 4 is 22.7 Å². The van der Waals surface area contributed by atoms with Gasteiger partial charge in [0, 0.05) is 48.0 Å². The Morgan fingerprint density at radius 3 is 2.78 bits per heavy atom. The summed E-state index contributed by atoms with van der Waals surface area (Å²) in [7, 11) is 1.55. The number of pyridine rings is 2. The second kappa shape index (κ2) is 6.83. The van der Waals surface area contributed by atoms with Crippen LogP contribution in [0.25, 0.3) is 10.9 Å². The number of carbonyl (C=O) groups is 2. The predicted octanol–water partition coefficient (Wildman–Crippen LogP) is 2.36. The average Bonchev–Trinajstić information content (AvgIpc) is 3.38. The maximum absolute atomic E-state index is 12.6. The summed E-state index contributed by atoms with van der Waals surface area (Å²) in [5.41, 5.74) is 3.27. The third-order valence-corrected chi connectivity index (χ3v) is 4.90. The van der Waals surface area contributed by atoms with Gasteiger partial charge in [-0.15, -0.1) is 0 Å². The van der Waals surface area contributed by atoms with Crippen molar-refractivity contribution in [2.24, 2.45) is 0 Å². The highest BCUT2D eigenvalue weighted by Gasteiger charge is 2.25. The van der Waals surface area contributed by atoms with Gasteiger partial charge in [0.05, 0.1) is 11.7 Å². The highest BCUT2D eigenvalue weighted by atomic mass is 16.2. The lowest BCUT2D eigenvalue weighted by atomic mass is 9.94. The van der Waals surface area contributed by atoms with Gasteiger partial charge in [-0.3, -0.25) is 14.6 Å². The van der Waals surface area contributed by atoms with Crippen molar-refractivity contribution in [2.45, 2.75) is 31.7 Å². The second-order valence-corrected chi connectivity index (χ2v) is 6.88. The molecule has 3 heterocycles. The van der Waals surface area contributed by atoms with E-state index in [1.54, 1.807) is 31.6 Å². The van der Waals surface area contributed by atoms with E-state index in [0.29, 0.717) is 11.3 Å². The zero-order chi connectivity index (χ0) is 19.0. The van der Waals surface area contributed by atoms with E-state index in [9.17, 15) is 9.59 Å². The number of hydrogen-bond donors (Lipinski definition) is 3. The Kier molecular flexibility index (Phi) is 4.35. The van der Waals surface area contributed by atoms with E-state index in [1.165, 1.54) is 0 Å². The molecule has 3 aromatic heterocycles. The lowest BCUT2D eigenvalue weighted by molar-refractivity contribution is 0.0951. The summed E-state index contributed by atoms with van der Waals surface area (Å²) < 4.78 is 0. The summed E-state index contributed by atoms with van der Waals surface area (Å²) in [5, 5.41) is 6.60. The molecule has 2 amide bonds. The maximum Gasteiger partial charge on any atom is 0.269 e. The normalized spacial score (nSPS) is 14.7. The van der Waals surface area contributed by atoms with Gasteiger partial charge < -0.3 is 15.6 Å². The summed E-state index contributed by atoms with van der Waals surface area (Å²) in [6.45, 7) is 2.00. The minimum atomic E-state index is -0.317. The zero-order valence-electron chi connectivity index (χ0n) is 15.2. The van der Waals surface area contributed by atoms with Gasteiger partial charge in [0.1, 0.15) is 5.69 Å². The van der Waals surface area contributed by atoms with Crippen molar-refractivity contribution in [3.63, 3.8) is 0 Å². The van der Waals surface area contributed by atoms with Crippen molar-refractivity contribution in [2.75, 3.05) is 7.05 Å². The minimum Gasteiger partial charge on any atom is -0.360 e. The van der Waals surface area contributed by atoms with Gasteiger partial charge in [-0.05, 0) is 36.6 Å². The first-order chi connectivity index (χ1) is 13.1. The Labute approximate surface area is 156 Å². The first kappa shape index (κ1) is 17.2. The molecule has 0 aliphatic heterocycles. The molecule has 27 heavy (non-hydrogen) atoms. The minimum absolute atomic E-state index is 0.130. The standard InChI is InChI=1S/C20H21N5O2/c1-11(15-9-22-10-18-14(15)5-6-23-18)16-7-12(19(26)24-13-3-4-13)8-17(25-16)20(27)21-2/h5-11,13,23H,3-4H2,1-2H3,(H,21,27)(H,24,26). The Hall–Kier alpha value is -3.22. The molecule has 1 atom stereocenters. The molecule has 1 saturated carbocycles. The fourth-order valence-corrected chi connectivity index (χ4v) is 3.15. The van der Waals surface area contributed by atoms with Crippen molar-refractivity contribution in [3.05, 3.63) is 59.3 Å². The molecule has 1 aliphatic carbocycles. The number of nitrogens with one attached hydrogen (secondary N) is 3. The Bertz CT molecular complexity index is 1020. The first-order valence-corrected chi connectivity index (χ1v) is 9.02. The summed E-state index contributed by atoms with van der Waals surface area (Å²) in [6, 6.07) is 5.54. The first-order valence-electron chi connectivity index (χ1n) is 9.02. The Morgan fingerprint density at radius 1 is 1.22 bits per heavy atom. The van der Waals surface area contributed by atoms with E-state index in [1.807, 2.05) is 19.2 Å². The van der Waals surface area contributed by atoms with Gasteiger partial charge in [0.25, 0.3) is 11.8 Å². The van der Waals surface area contributed by atoms with Crippen LogP contribution in [0.15, 0.2) is 36.8 Å². The van der Waals surface area contributed by atoms with Crippen LogP contribution in [-0.2, 0) is 0 Å². The molecule has 3 N–H and O–H groups in total. The van der Waals surface area contributed by atoms with Crippen molar-refractivity contribution in [1.29, 1.82) is 0 Å². The third kappa shape index (κ3) is 3.40. The summed E-state index contributed by atoms with van der Waals surface area (Å²) >= 11 is 0. The summed E-state index contributed by atoms with van der Waals surface area (Å²) in [5.74, 6) is -0.618. The van der Waals surface area contributed by atoms with Crippen molar-refractivity contribution in [3.8, 4) is 0 Å². The number of H-pyrrole nitrogens is 1. The lowest BCUT2D eigenvalue weighted by Gasteiger charge is -2.15. The Morgan fingerprint density at radius 2 is 2.04 bits per heavy atom. The van der Waals surface area contributed by atoms with E-state index in [2.05, 4.69) is 25.6 Å². The van der Waals surface area contributed by atoms with Crippen molar-refractivity contribution < 1.29 is 9.59 Å². The molecule has 4 rings (SSSR count). The van der Waals surface area contributed by atoms with Crippen LogP contribution in [0.4, 0.5) is 0 Å². The molecule has 7 heteroatoms. The highest BCUT2D eigenvalue weighted by Crippen LogP contribution is 2.29. The molecule has 1 aliphatic rings. The van der Waals surface area contributed by atoms with Gasteiger partial charge in [-0.1, -0.05) is 6.92 Å². The number of nitrogens with zero attached hydrogens (tertiary/aromatic N) is 2. The van der Waals surface area contributed by atoms with Crippen LogP contribution >= 0.6 is 0 Å². The smallest absolute Gasteiger partial charge is 0.269 e. The SMILES string of the molecule is CNC(=O)c1cc(C(=O)NC2CC2)cc(C(C)c2cncc3[nH]ccc23)n1. The van der Waals surface area contributed by atoms with Crippen LogP contribution < -0.4 is 10.6 Å². The number of aromatic amines is 1. The van der Waals surface area contributed by atoms with Crippen LogP contribution in [0.3, 0.4) is 0 Å². The van der Waals surface area contributed by atoms with Gasteiger partial charge >= 0.3 is 0 Å². The fourth-order valence-electron chi connectivity index (χ4n) is 3.15. The molecule has 0 spiro atoms. The van der Waals surface area contributed by atoms with Crippen LogP contribution in [0.1, 0.15) is 57.8 Å². The van der Waals surface area contributed by atoms with E-state index in [4.69, 9.17) is 0 Å². The molecular formula is C20H21N5O2. The van der Waals surface area contributed by atoms with E-state index in [-0.39, 0.29) is 29.5 Å². The quantitative estimate of drug-likeness (QED) is 0.648. The maximum atomic E-state index is 12.6. The van der Waals surface area contributed by atoms with Gasteiger partial charge in [-0.2, -0.15) is 0 Å². The molecule has 138 valence electrons. The van der Waals surface area contributed by atoms with Gasteiger partial charge in [0.15, 0.2) is 0 Å². The molecule has 7 nitrogen and oxygen atoms in total. The molecule has 3 aromatic rings. The van der Waals surface area contributed by atoms with Gasteiger partial charge in [-0.25, -0.2) is 4.98 Å². The topological polar surface area (TPSA) is 99.8 Å². The number of amides is 2. The summed E-state index contributed by atoms with van der Waals surface area (Å²) in [6.07, 6.45) is 7.45. The number of hydrogen-bond acceptors (Lipinski definition) is 4. The number of rotatable bonds is 5. The summed E-state index contributed by atoms with van der Waals surface area (Å²) in [4.78, 5) is 36.7. The molecule has 0 saturated heterocycles. The van der Waals surface area contributed by atoms with Gasteiger partial charge in [0.2, 0.25) is 0 Å². The van der Waals surface area contributed by atoms with Crippen LogP contribution in [0.2, 0.25) is 0 Å².